The van der Waals surface area contributed by atoms with Crippen LogP contribution >= 0.6 is 0 Å². The van der Waals surface area contributed by atoms with E-state index in [-0.39, 0.29) is 92.0 Å². The van der Waals surface area contributed by atoms with Crippen LogP contribution < -0.4 is 0 Å². The molecule has 9 fully saturated rings. The molecular weight excluding hydrogens is 981 g/mol. The molecule has 21 atom stereocenters. The van der Waals surface area contributed by atoms with Crippen LogP contribution in [0.25, 0.3) is 0 Å². The molecule has 11 nitrogen and oxygen atoms in total. The van der Waals surface area contributed by atoms with Crippen molar-refractivity contribution in [2.75, 3.05) is 13.7 Å². The molecule has 6 unspecified atom stereocenters. The Labute approximate surface area is 467 Å². The van der Waals surface area contributed by atoms with Crippen LogP contribution in [0.4, 0.5) is 0 Å². The van der Waals surface area contributed by atoms with Crippen LogP contribution in [0.3, 0.4) is 0 Å². The van der Waals surface area contributed by atoms with Crippen molar-refractivity contribution in [1.29, 1.82) is 0 Å². The lowest BCUT2D eigenvalue weighted by atomic mass is 9.44. The fourth-order valence-electron chi connectivity index (χ4n) is 22.9. The molecule has 0 aromatic rings. The van der Waals surface area contributed by atoms with E-state index in [1.54, 1.807) is 0 Å². The summed E-state index contributed by atoms with van der Waals surface area (Å²) in [6.45, 7) is 20.0. The maximum Gasteiger partial charge on any atom is 0.308 e. The second kappa shape index (κ2) is 20.1. The number of rotatable bonds is 6. The van der Waals surface area contributed by atoms with Crippen molar-refractivity contribution in [3.05, 3.63) is 34.9 Å². The Bertz CT molecular complexity index is 2530. The lowest BCUT2D eigenvalue weighted by Gasteiger charge is -2.63. The minimum atomic E-state index is -0.747. The minimum Gasteiger partial charge on any atom is -0.481 e. The average molecular weight is 1080 g/mol. The summed E-state index contributed by atoms with van der Waals surface area (Å²) >= 11 is 0. The van der Waals surface area contributed by atoms with Gasteiger partial charge in [0.1, 0.15) is 0 Å². The number of aliphatic hydroxyl groups excluding tert-OH is 1. The lowest BCUT2D eigenvalue weighted by Crippen LogP contribution is -2.63. The first-order chi connectivity index (χ1) is 36.6. The van der Waals surface area contributed by atoms with Gasteiger partial charge in [-0.15, -0.1) is 0 Å². The Morgan fingerprint density at radius 3 is 1.12 bits per heavy atom. The summed E-state index contributed by atoms with van der Waals surface area (Å²) in [4.78, 5) is 59.7. The molecule has 0 saturated heterocycles. The largest absolute Gasteiger partial charge is 0.481 e. The van der Waals surface area contributed by atoms with Crippen molar-refractivity contribution in [2.24, 2.45) is 104 Å². The van der Waals surface area contributed by atoms with Gasteiger partial charge in [-0.3, -0.25) is 24.0 Å². The van der Waals surface area contributed by atoms with E-state index in [1.807, 2.05) is 32.1 Å². The molecule has 0 heterocycles. The zero-order valence-electron chi connectivity index (χ0n) is 49.5. The number of ether oxygens (including phenoxy) is 1. The second-order valence-electron chi connectivity index (χ2n) is 30.1. The van der Waals surface area contributed by atoms with Gasteiger partial charge in [-0.25, -0.2) is 0 Å². The molecular formula is C67H100O11. The summed E-state index contributed by atoms with van der Waals surface area (Å²) in [6.07, 6.45) is 27.0. The van der Waals surface area contributed by atoms with E-state index in [4.69, 9.17) is 4.74 Å². The molecule has 5 N–H and O–H groups in total. The molecule has 0 amide bonds. The van der Waals surface area contributed by atoms with Crippen LogP contribution in [0, 0.1) is 104 Å². The van der Waals surface area contributed by atoms with Crippen molar-refractivity contribution < 1.29 is 54.2 Å². The van der Waals surface area contributed by atoms with Crippen molar-refractivity contribution in [2.45, 2.75) is 233 Å². The van der Waals surface area contributed by atoms with E-state index in [9.17, 15) is 49.5 Å². The predicted octanol–water partition coefficient (Wildman–Crippen LogP) is 11.9. The van der Waals surface area contributed by atoms with Crippen LogP contribution in [0.1, 0.15) is 216 Å². The van der Waals surface area contributed by atoms with Crippen molar-refractivity contribution in [3.8, 4) is 0 Å². The van der Waals surface area contributed by atoms with Gasteiger partial charge in [0.25, 0.3) is 0 Å². The van der Waals surface area contributed by atoms with Crippen LogP contribution in [-0.2, 0) is 28.7 Å². The molecule has 0 radical (unpaired) electrons. The summed E-state index contributed by atoms with van der Waals surface area (Å²) in [6, 6.07) is 0. The van der Waals surface area contributed by atoms with Gasteiger partial charge in [0, 0.05) is 42.1 Å². The van der Waals surface area contributed by atoms with Gasteiger partial charge < -0.3 is 30.3 Å². The number of esters is 1. The number of carboxylic acid groups (broad SMARTS) is 1. The van der Waals surface area contributed by atoms with Crippen molar-refractivity contribution in [3.63, 3.8) is 0 Å². The molecule has 0 aliphatic heterocycles. The van der Waals surface area contributed by atoms with E-state index in [2.05, 4.69) is 48.5 Å². The fourth-order valence-corrected chi connectivity index (χ4v) is 22.9. The molecule has 0 aromatic heterocycles. The number of hydrogen-bond acceptors (Lipinski definition) is 10. The molecule has 9 saturated carbocycles. The third-order valence-electron chi connectivity index (χ3n) is 27.8. The zero-order chi connectivity index (χ0) is 56.6. The molecule has 12 rings (SSSR count). The molecule has 11 heteroatoms. The summed E-state index contributed by atoms with van der Waals surface area (Å²) < 4.78 is 5.04. The van der Waals surface area contributed by atoms with Gasteiger partial charge in [-0.2, -0.15) is 0 Å². The highest BCUT2D eigenvalue weighted by Gasteiger charge is 2.69. The first-order valence-electron chi connectivity index (χ1n) is 31.4. The van der Waals surface area contributed by atoms with Gasteiger partial charge in [0.05, 0.1) is 35.7 Å². The van der Waals surface area contributed by atoms with Crippen molar-refractivity contribution in [1.82, 2.24) is 0 Å². The number of carboxylic acids is 1. The number of aliphatic carboxylic acids is 1. The Morgan fingerprint density at radius 1 is 0.474 bits per heavy atom. The Hall–Kier alpha value is -2.99. The van der Waals surface area contributed by atoms with Crippen LogP contribution in [0.15, 0.2) is 34.9 Å². The van der Waals surface area contributed by atoms with Gasteiger partial charge >= 0.3 is 11.9 Å². The summed E-state index contributed by atoms with van der Waals surface area (Å²) in [5.74, 6) is 3.16. The fraction of sp³-hybridized carbons (Fsp3) is 0.836. The number of hydrogen-bond donors (Lipinski definition) is 5. The van der Waals surface area contributed by atoms with E-state index >= 15 is 0 Å². The number of fused-ring (bicyclic) bond motifs is 15. The van der Waals surface area contributed by atoms with Crippen molar-refractivity contribution >= 4 is 29.3 Å². The van der Waals surface area contributed by atoms with Gasteiger partial charge in [-0.1, -0.05) is 79.0 Å². The van der Waals surface area contributed by atoms with E-state index in [0.29, 0.717) is 60.7 Å². The number of ketones is 3. The Balaban J connectivity index is 0.000000132. The predicted molar refractivity (Wildman–Crippen MR) is 299 cm³/mol. The third-order valence-corrected chi connectivity index (χ3v) is 27.8. The molecule has 0 aromatic carbocycles. The van der Waals surface area contributed by atoms with Crippen LogP contribution in [0.2, 0.25) is 0 Å². The van der Waals surface area contributed by atoms with E-state index in [0.717, 1.165) is 128 Å². The number of carbonyl (C=O) groups excluding carboxylic acids is 4. The molecule has 0 spiro atoms. The maximum atomic E-state index is 12.2. The number of aliphatic hydroxyl groups is 4. The zero-order valence-corrected chi connectivity index (χ0v) is 49.5. The molecule has 434 valence electrons. The monoisotopic (exact) mass is 1080 g/mol. The second-order valence-corrected chi connectivity index (χ2v) is 30.1. The molecule has 78 heavy (non-hydrogen) atoms. The van der Waals surface area contributed by atoms with Gasteiger partial charge in [0.15, 0.2) is 17.3 Å². The summed E-state index contributed by atoms with van der Waals surface area (Å²) in [5, 5.41) is 55.2. The Morgan fingerprint density at radius 2 is 0.795 bits per heavy atom. The highest BCUT2D eigenvalue weighted by molar-refractivity contribution is 5.93. The maximum absolute atomic E-state index is 12.2. The standard InChI is InChI=1S/C23H34O4.C22H32O4.C22H34O3/c1-14(20(25)27-4)17-7-8-18-19-6-5-15-13-16(24)9-10-22(15,3)23(19,26)12-11-21(17,18)2;1-13(19(24)25)16-6-7-17-18-5-4-14-12-15(23)8-9-21(14,3)22(18,26)11-10-20(16,17)2;1-14(13-23)17-6-7-18-19-5-4-15-12-16(24)8-9-21(15,3)22(19,25)11-10-20(17,18)2/h13-14,17-19,26H,5-12H2,1-4H3;12-13,16-18,26H,4-11H2,1-3H3,(H,24,25);12,14,17-19,23,25H,4-11,13H2,1-3H3/t14-,17+,18?,19?,21+,22-,23+;13-,16+,17?,18?,20+,21-,22+;14-,17-,18?,19?,20-,21+,22-/m001/s1. The minimum absolute atomic E-state index is 0.0107. The number of methoxy groups -OCH3 is 1. The van der Waals surface area contributed by atoms with Gasteiger partial charge in [0.2, 0.25) is 0 Å². The molecule has 12 aliphatic carbocycles. The third kappa shape index (κ3) is 8.34. The van der Waals surface area contributed by atoms with Crippen LogP contribution in [0.5, 0.6) is 0 Å². The van der Waals surface area contributed by atoms with Crippen LogP contribution in [-0.4, -0.2) is 85.3 Å². The molecule has 12 aliphatic rings. The first-order valence-corrected chi connectivity index (χ1v) is 31.4. The SMILES string of the molecule is COC(=O)[C@@H](C)[C@H]1CCC2C3CCC4=CC(=O)CC[C@]4(C)[C@@]3(O)CC[C@@]21C.C[C@H](C(=O)O)[C@H]1CCC2C3CCC4=CC(=O)CC[C@]4(C)[C@@]3(O)CC[C@@]21C.C[C@H](CO)[C@H]1CCC2C3CCC4=CC(=O)CC[C@]4(C)[C@@]3(O)CC[C@@]21C. The highest BCUT2D eigenvalue weighted by atomic mass is 16.5. The normalized spacial score (nSPS) is 48.9. The van der Waals surface area contributed by atoms with E-state index < -0.39 is 22.8 Å². The Kier molecular flexibility index (Phi) is 15.0. The smallest absolute Gasteiger partial charge is 0.308 e. The highest BCUT2D eigenvalue weighted by Crippen LogP contribution is 2.72. The summed E-state index contributed by atoms with van der Waals surface area (Å²) in [7, 11) is 1.48. The first kappa shape index (κ1) is 58.2. The summed E-state index contributed by atoms with van der Waals surface area (Å²) in [5.41, 5.74) is 1.01. The lowest BCUT2D eigenvalue weighted by molar-refractivity contribution is -0.195. The quantitative estimate of drug-likeness (QED) is 0.159. The number of carbonyl (C=O) groups is 5. The average Bonchev–Trinajstić information content (AvgIpc) is 3.83. The molecule has 0 bridgehead atoms. The topological polar surface area (TPSA) is 196 Å². The van der Waals surface area contributed by atoms with Gasteiger partial charge in [-0.05, 0) is 228 Å². The van der Waals surface area contributed by atoms with E-state index in [1.165, 1.54) is 31.1 Å².